The van der Waals surface area contributed by atoms with Crippen LogP contribution in [0.4, 0.5) is 4.79 Å². The van der Waals surface area contributed by atoms with E-state index in [4.69, 9.17) is 4.74 Å². The van der Waals surface area contributed by atoms with Gasteiger partial charge >= 0.3 is 12.1 Å². The second-order valence-corrected chi connectivity index (χ2v) is 7.73. The summed E-state index contributed by atoms with van der Waals surface area (Å²) in [6.45, 7) is 3.58. The van der Waals surface area contributed by atoms with Gasteiger partial charge in [0.05, 0.1) is 0 Å². The highest BCUT2D eigenvalue weighted by Crippen LogP contribution is 2.44. The van der Waals surface area contributed by atoms with Crippen molar-refractivity contribution in [3.63, 3.8) is 0 Å². The zero-order valence-corrected chi connectivity index (χ0v) is 17.8. The van der Waals surface area contributed by atoms with Crippen molar-refractivity contribution >= 4 is 18.0 Å². The van der Waals surface area contributed by atoms with E-state index < -0.39 is 30.1 Å². The molecule has 31 heavy (non-hydrogen) atoms. The fourth-order valence-electron chi connectivity index (χ4n) is 3.84. The fourth-order valence-corrected chi connectivity index (χ4v) is 3.84. The minimum atomic E-state index is -1.09. The molecule has 7 heteroatoms. The van der Waals surface area contributed by atoms with Gasteiger partial charge in [-0.2, -0.15) is 0 Å². The minimum Gasteiger partial charge on any atom is -0.480 e. The Hall–Kier alpha value is -3.35. The van der Waals surface area contributed by atoms with Gasteiger partial charge in [-0.3, -0.25) is 4.79 Å². The molecule has 0 radical (unpaired) electrons. The number of unbranched alkanes of at least 4 members (excludes halogenated alkanes) is 1. The van der Waals surface area contributed by atoms with Crippen molar-refractivity contribution in [3.8, 4) is 11.1 Å². The molecule has 7 nitrogen and oxygen atoms in total. The standard InChI is InChI=1S/C24H28N2O5/c1-3-4-13-21(23(28)29)26-22(27)15(2)25-24(30)31-14-20-18-11-7-5-9-16(18)17-10-6-8-12-19(17)20/h5-12,15,20-21H,3-4,13-14H2,1-2H3,(H,25,30)(H,26,27)(H,28,29)/t15-,21?/m0/s1. The van der Waals surface area contributed by atoms with E-state index in [1.165, 1.54) is 6.92 Å². The van der Waals surface area contributed by atoms with E-state index in [2.05, 4.69) is 22.8 Å². The Balaban J connectivity index is 1.57. The number of carboxylic acid groups (broad SMARTS) is 1. The third-order valence-electron chi connectivity index (χ3n) is 5.53. The first-order valence-electron chi connectivity index (χ1n) is 10.6. The lowest BCUT2D eigenvalue weighted by Crippen LogP contribution is -2.50. The molecule has 1 aliphatic carbocycles. The largest absolute Gasteiger partial charge is 0.480 e. The van der Waals surface area contributed by atoms with Crippen LogP contribution in [0.25, 0.3) is 11.1 Å². The SMILES string of the molecule is CCCCC(NC(=O)[C@H](C)NC(=O)OCC1c2ccccc2-c2ccccc21)C(=O)O. The summed E-state index contributed by atoms with van der Waals surface area (Å²) >= 11 is 0. The highest BCUT2D eigenvalue weighted by Gasteiger charge is 2.29. The van der Waals surface area contributed by atoms with Gasteiger partial charge in [0, 0.05) is 5.92 Å². The average molecular weight is 424 g/mol. The summed E-state index contributed by atoms with van der Waals surface area (Å²) in [5.74, 6) is -1.72. The molecule has 1 aliphatic rings. The van der Waals surface area contributed by atoms with Crippen LogP contribution in [0.2, 0.25) is 0 Å². The van der Waals surface area contributed by atoms with Gasteiger partial charge in [-0.25, -0.2) is 9.59 Å². The van der Waals surface area contributed by atoms with E-state index in [-0.39, 0.29) is 12.5 Å². The van der Waals surface area contributed by atoms with Gasteiger partial charge in [0.1, 0.15) is 18.7 Å². The number of ether oxygens (including phenoxy) is 1. The Labute approximate surface area is 181 Å². The Morgan fingerprint density at radius 3 is 2.13 bits per heavy atom. The number of carboxylic acids is 1. The van der Waals surface area contributed by atoms with Crippen LogP contribution in [0.5, 0.6) is 0 Å². The van der Waals surface area contributed by atoms with Crippen molar-refractivity contribution < 1.29 is 24.2 Å². The molecule has 0 bridgehead atoms. The summed E-state index contributed by atoms with van der Waals surface area (Å²) in [5.41, 5.74) is 4.46. The number of hydrogen-bond acceptors (Lipinski definition) is 4. The number of rotatable bonds is 9. The maximum atomic E-state index is 12.3. The zero-order valence-electron chi connectivity index (χ0n) is 17.8. The highest BCUT2D eigenvalue weighted by atomic mass is 16.5. The van der Waals surface area contributed by atoms with Crippen LogP contribution in [-0.4, -0.2) is 41.8 Å². The van der Waals surface area contributed by atoms with Crippen molar-refractivity contribution in [1.82, 2.24) is 10.6 Å². The maximum Gasteiger partial charge on any atom is 0.407 e. The Bertz CT molecular complexity index is 913. The molecular formula is C24H28N2O5. The van der Waals surface area contributed by atoms with Crippen molar-refractivity contribution in [2.24, 2.45) is 0 Å². The van der Waals surface area contributed by atoms with E-state index >= 15 is 0 Å². The summed E-state index contributed by atoms with van der Waals surface area (Å²) in [7, 11) is 0. The number of hydrogen-bond donors (Lipinski definition) is 3. The highest BCUT2D eigenvalue weighted by molar-refractivity contribution is 5.89. The normalized spacial score (nSPS) is 14.1. The summed E-state index contributed by atoms with van der Waals surface area (Å²) in [4.78, 5) is 35.9. The predicted octanol–water partition coefficient (Wildman–Crippen LogP) is 3.67. The molecule has 164 valence electrons. The molecule has 3 N–H and O–H groups in total. The molecule has 0 aliphatic heterocycles. The molecule has 3 rings (SSSR count). The summed E-state index contributed by atoms with van der Waals surface area (Å²) in [5, 5.41) is 14.2. The van der Waals surface area contributed by atoms with Crippen LogP contribution >= 0.6 is 0 Å². The molecule has 0 fully saturated rings. The number of carbonyl (C=O) groups excluding carboxylic acids is 2. The topological polar surface area (TPSA) is 105 Å². The Morgan fingerprint density at radius 1 is 1.00 bits per heavy atom. The van der Waals surface area contributed by atoms with Crippen LogP contribution in [0.3, 0.4) is 0 Å². The third kappa shape index (κ3) is 5.23. The first-order valence-corrected chi connectivity index (χ1v) is 10.6. The lowest BCUT2D eigenvalue weighted by atomic mass is 9.98. The maximum absolute atomic E-state index is 12.3. The number of carbonyl (C=O) groups is 3. The number of fused-ring (bicyclic) bond motifs is 3. The molecule has 2 atom stereocenters. The summed E-state index contributed by atoms with van der Waals surface area (Å²) in [6.07, 6.45) is 1.14. The number of nitrogens with one attached hydrogen (secondary N) is 2. The second-order valence-electron chi connectivity index (χ2n) is 7.73. The van der Waals surface area contributed by atoms with Crippen molar-refractivity contribution in [1.29, 1.82) is 0 Å². The first kappa shape index (κ1) is 22.3. The first-order chi connectivity index (χ1) is 14.9. The van der Waals surface area contributed by atoms with Gasteiger partial charge in [-0.15, -0.1) is 0 Å². The van der Waals surface area contributed by atoms with E-state index in [0.717, 1.165) is 28.7 Å². The predicted molar refractivity (Wildman–Crippen MR) is 117 cm³/mol. The van der Waals surface area contributed by atoms with E-state index in [1.807, 2.05) is 43.3 Å². The quantitative estimate of drug-likeness (QED) is 0.570. The molecule has 0 heterocycles. The molecule has 0 spiro atoms. The molecular weight excluding hydrogens is 396 g/mol. The smallest absolute Gasteiger partial charge is 0.407 e. The number of amides is 2. The van der Waals surface area contributed by atoms with Gasteiger partial charge in [0.25, 0.3) is 0 Å². The van der Waals surface area contributed by atoms with Gasteiger partial charge < -0.3 is 20.5 Å². The monoisotopic (exact) mass is 424 g/mol. The molecule has 2 aromatic carbocycles. The van der Waals surface area contributed by atoms with Gasteiger partial charge in [0.2, 0.25) is 5.91 Å². The van der Waals surface area contributed by atoms with Crippen LogP contribution < -0.4 is 10.6 Å². The van der Waals surface area contributed by atoms with Crippen LogP contribution in [0.1, 0.15) is 50.2 Å². The van der Waals surface area contributed by atoms with E-state index in [9.17, 15) is 19.5 Å². The molecule has 2 aromatic rings. The van der Waals surface area contributed by atoms with Crippen LogP contribution in [0.15, 0.2) is 48.5 Å². The number of benzene rings is 2. The van der Waals surface area contributed by atoms with Crippen molar-refractivity contribution in [2.75, 3.05) is 6.61 Å². The third-order valence-corrected chi connectivity index (χ3v) is 5.53. The van der Waals surface area contributed by atoms with E-state index in [1.54, 1.807) is 0 Å². The molecule has 0 saturated carbocycles. The molecule has 0 saturated heterocycles. The molecule has 0 aromatic heterocycles. The Morgan fingerprint density at radius 2 is 1.58 bits per heavy atom. The number of aliphatic carboxylic acids is 1. The summed E-state index contributed by atoms with van der Waals surface area (Å²) < 4.78 is 5.43. The lowest BCUT2D eigenvalue weighted by molar-refractivity contribution is -0.142. The summed E-state index contributed by atoms with van der Waals surface area (Å²) in [6, 6.07) is 14.2. The number of alkyl carbamates (subject to hydrolysis) is 1. The Kier molecular flexibility index (Phi) is 7.28. The van der Waals surface area contributed by atoms with E-state index in [0.29, 0.717) is 12.8 Å². The fraction of sp³-hybridized carbons (Fsp3) is 0.375. The van der Waals surface area contributed by atoms with Gasteiger partial charge in [0.15, 0.2) is 0 Å². The average Bonchev–Trinajstić information content (AvgIpc) is 3.08. The van der Waals surface area contributed by atoms with Crippen LogP contribution in [-0.2, 0) is 14.3 Å². The molecule has 1 unspecified atom stereocenters. The zero-order chi connectivity index (χ0) is 22.4. The van der Waals surface area contributed by atoms with Crippen molar-refractivity contribution in [3.05, 3.63) is 59.7 Å². The minimum absolute atomic E-state index is 0.0762. The van der Waals surface area contributed by atoms with Crippen molar-refractivity contribution in [2.45, 2.75) is 51.1 Å². The second kappa shape index (κ2) is 10.1. The van der Waals surface area contributed by atoms with Crippen LogP contribution in [0, 0.1) is 0 Å². The van der Waals surface area contributed by atoms with Gasteiger partial charge in [-0.05, 0) is 35.6 Å². The van der Waals surface area contributed by atoms with Gasteiger partial charge in [-0.1, -0.05) is 68.3 Å². The lowest BCUT2D eigenvalue weighted by Gasteiger charge is -2.19. The molecule has 2 amide bonds.